The lowest BCUT2D eigenvalue weighted by Crippen LogP contribution is -2.33. The van der Waals surface area contributed by atoms with Gasteiger partial charge in [-0.15, -0.1) is 0 Å². The number of rotatable bonds is 0. The van der Waals surface area contributed by atoms with E-state index < -0.39 is 0 Å². The zero-order valence-electron chi connectivity index (χ0n) is 16.6. The van der Waals surface area contributed by atoms with Gasteiger partial charge in [0.25, 0.3) is 0 Å². The molecule has 144 valence electrons. The molecule has 0 saturated heterocycles. The van der Waals surface area contributed by atoms with E-state index in [4.69, 9.17) is 0 Å². The van der Waals surface area contributed by atoms with E-state index >= 15 is 0 Å². The van der Waals surface area contributed by atoms with Gasteiger partial charge in [0.15, 0.2) is 0 Å². The fraction of sp³-hybridized carbons (Fsp3) is 0.148. The molecule has 0 atom stereocenters. The van der Waals surface area contributed by atoms with Crippen molar-refractivity contribution < 1.29 is 0 Å². The van der Waals surface area contributed by atoms with Gasteiger partial charge in [-0.05, 0) is 82.6 Å². The van der Waals surface area contributed by atoms with Crippen LogP contribution in [0.15, 0.2) is 91.5 Å². The molecule has 2 aromatic heterocycles. The van der Waals surface area contributed by atoms with Gasteiger partial charge in [0, 0.05) is 24.8 Å². The molecule has 2 aliphatic carbocycles. The van der Waals surface area contributed by atoms with Crippen LogP contribution in [0.25, 0.3) is 23.3 Å². The summed E-state index contributed by atoms with van der Waals surface area (Å²) in [6.45, 7) is 0. The molecular formula is C27H26N2. The highest BCUT2D eigenvalue weighted by Crippen LogP contribution is 2.24. The maximum Gasteiger partial charge on any atom is 0.0267 e. The molecule has 0 amide bonds. The minimum absolute atomic E-state index is 1.08. The molecule has 0 unspecified atom stereocenters. The third-order valence-electron chi connectivity index (χ3n) is 5.27. The van der Waals surface area contributed by atoms with Crippen molar-refractivity contribution in [1.82, 2.24) is 9.97 Å². The highest BCUT2D eigenvalue weighted by Gasteiger charge is 2.13. The predicted molar refractivity (Wildman–Crippen MR) is 122 cm³/mol. The first-order valence-electron chi connectivity index (χ1n) is 10.3. The predicted octanol–water partition coefficient (Wildman–Crippen LogP) is 4.90. The molecule has 0 spiro atoms. The van der Waals surface area contributed by atoms with Crippen molar-refractivity contribution in [3.05, 3.63) is 113 Å². The van der Waals surface area contributed by atoms with Crippen LogP contribution in [-0.2, 0) is 12.8 Å². The van der Waals surface area contributed by atoms with Gasteiger partial charge < -0.3 is 4.98 Å². The van der Waals surface area contributed by atoms with Crippen molar-refractivity contribution in [3.8, 4) is 11.1 Å². The molecule has 1 N–H and O–H groups in total. The fourth-order valence-corrected chi connectivity index (χ4v) is 3.90. The minimum Gasteiger partial charge on any atom is -0.368 e. The van der Waals surface area contributed by atoms with Crippen molar-refractivity contribution in [3.63, 3.8) is 0 Å². The summed E-state index contributed by atoms with van der Waals surface area (Å²) in [4.78, 5) is 6.65. The van der Waals surface area contributed by atoms with Gasteiger partial charge in [0.05, 0.1) is 0 Å². The Morgan fingerprint density at radius 2 is 1.48 bits per heavy atom. The van der Waals surface area contributed by atoms with E-state index in [0.29, 0.717) is 0 Å². The van der Waals surface area contributed by atoms with Crippen molar-refractivity contribution >= 4 is 12.2 Å². The minimum atomic E-state index is 1.08. The van der Waals surface area contributed by atoms with Crippen LogP contribution in [0.5, 0.6) is 0 Å². The summed E-state index contributed by atoms with van der Waals surface area (Å²) in [5, 5.41) is 2.99. The van der Waals surface area contributed by atoms with Crippen LogP contribution in [0.4, 0.5) is 0 Å². The van der Waals surface area contributed by atoms with Crippen LogP contribution >= 0.6 is 0 Å². The van der Waals surface area contributed by atoms with E-state index in [0.717, 1.165) is 6.42 Å². The Morgan fingerprint density at radius 1 is 0.655 bits per heavy atom. The lowest BCUT2D eigenvalue weighted by molar-refractivity contribution is 0.834. The molecule has 2 heteroatoms. The summed E-state index contributed by atoms with van der Waals surface area (Å²) >= 11 is 0. The number of aryl methyl sites for hydroxylation is 1. The Kier molecular flexibility index (Phi) is 6.34. The Hall–Kier alpha value is -3.39. The largest absolute Gasteiger partial charge is 0.368 e. The third kappa shape index (κ3) is 4.72. The maximum atomic E-state index is 3.78. The van der Waals surface area contributed by atoms with Crippen LogP contribution in [0.3, 0.4) is 0 Å². The molecule has 0 saturated carbocycles. The number of benzene rings is 2. The number of fused-ring (bicyclic) bond motifs is 5. The summed E-state index contributed by atoms with van der Waals surface area (Å²) < 4.78 is 0. The van der Waals surface area contributed by atoms with Gasteiger partial charge in [-0.25, -0.2) is 0 Å². The number of nitrogens with one attached hydrogen (secondary N) is 1. The van der Waals surface area contributed by atoms with E-state index in [1.165, 1.54) is 52.0 Å². The summed E-state index contributed by atoms with van der Waals surface area (Å²) in [7, 11) is 0. The maximum absolute atomic E-state index is 3.78. The second kappa shape index (κ2) is 9.70. The second-order valence-electron chi connectivity index (χ2n) is 7.17. The normalized spacial score (nSPS) is 12.8. The van der Waals surface area contributed by atoms with Crippen LogP contribution in [0, 0.1) is 0 Å². The van der Waals surface area contributed by atoms with E-state index in [-0.39, 0.29) is 0 Å². The molecule has 2 aliphatic rings. The zero-order chi connectivity index (χ0) is 19.7. The number of hydrogen-bond acceptors (Lipinski definition) is 1. The molecule has 4 aromatic rings. The van der Waals surface area contributed by atoms with Crippen LogP contribution in [0.2, 0.25) is 0 Å². The molecule has 2 aromatic carbocycles. The molecule has 0 radical (unpaired) electrons. The lowest BCUT2D eigenvalue weighted by Gasteiger charge is -2.17. The van der Waals surface area contributed by atoms with E-state index in [1.54, 1.807) is 12.4 Å². The monoisotopic (exact) mass is 378 g/mol. The van der Waals surface area contributed by atoms with Crippen molar-refractivity contribution in [2.75, 3.05) is 0 Å². The smallest absolute Gasteiger partial charge is 0.0267 e. The number of pyridine rings is 1. The summed E-state index contributed by atoms with van der Waals surface area (Å²) in [5.41, 5.74) is 5.85. The number of aromatic amines is 1. The Labute approximate surface area is 172 Å². The van der Waals surface area contributed by atoms with Gasteiger partial charge in [0.1, 0.15) is 0 Å². The van der Waals surface area contributed by atoms with Crippen LogP contribution in [-0.4, -0.2) is 9.97 Å². The van der Waals surface area contributed by atoms with Crippen LogP contribution in [0.1, 0.15) is 24.0 Å². The van der Waals surface area contributed by atoms with Crippen molar-refractivity contribution in [2.24, 2.45) is 0 Å². The Bertz CT molecular complexity index is 1100. The Balaban J connectivity index is 0.000000152. The Morgan fingerprint density at radius 3 is 2.17 bits per heavy atom. The molecule has 0 aliphatic heterocycles. The lowest BCUT2D eigenvalue weighted by atomic mass is 9.87. The summed E-state index contributed by atoms with van der Waals surface area (Å²) in [6.07, 6.45) is 17.0. The van der Waals surface area contributed by atoms with Gasteiger partial charge >= 0.3 is 0 Å². The zero-order valence-corrected chi connectivity index (χ0v) is 16.6. The van der Waals surface area contributed by atoms with E-state index in [9.17, 15) is 0 Å². The summed E-state index contributed by atoms with van der Waals surface area (Å²) in [5.74, 6) is 0. The SMILES string of the molecule is C1=c2c(ccc3c2=CCc2ccccc2-3)CCC1.c1cc[nH]c1.c1ccncc1. The van der Waals surface area contributed by atoms with Crippen molar-refractivity contribution in [1.29, 1.82) is 0 Å². The standard InChI is InChI=1S/C18H16.C5H5N.C4H5N/c1-3-7-15-13(5-1)9-11-18-16-8-4-2-6-14(16)10-12-17(15)18;1-2-4-6-5-3-1;1-2-4-5-3-1/h1,3,5,7-8,10-12H,2,4,6,9H2;1-5H;1-5H. The first-order valence-corrected chi connectivity index (χ1v) is 10.3. The first-order chi connectivity index (χ1) is 14.4. The molecule has 0 fully saturated rings. The first kappa shape index (κ1) is 18.9. The van der Waals surface area contributed by atoms with Gasteiger partial charge in [-0.3, -0.25) is 4.98 Å². The quantitative estimate of drug-likeness (QED) is 0.463. The average Bonchev–Trinajstić information content (AvgIpc) is 3.41. The molecule has 0 bridgehead atoms. The number of hydrogen-bond donors (Lipinski definition) is 1. The second-order valence-corrected chi connectivity index (χ2v) is 7.17. The van der Waals surface area contributed by atoms with Gasteiger partial charge in [0.2, 0.25) is 0 Å². The fourth-order valence-electron chi connectivity index (χ4n) is 3.90. The topological polar surface area (TPSA) is 28.7 Å². The van der Waals surface area contributed by atoms with Crippen LogP contribution < -0.4 is 10.4 Å². The van der Waals surface area contributed by atoms with Gasteiger partial charge in [-0.2, -0.15) is 0 Å². The van der Waals surface area contributed by atoms with Gasteiger partial charge in [-0.1, -0.05) is 54.6 Å². The average molecular weight is 379 g/mol. The van der Waals surface area contributed by atoms with E-state index in [2.05, 4.69) is 58.5 Å². The van der Waals surface area contributed by atoms with E-state index in [1.807, 2.05) is 42.7 Å². The highest BCUT2D eigenvalue weighted by atomic mass is 14.6. The number of nitrogens with zero attached hydrogens (tertiary/aromatic N) is 1. The van der Waals surface area contributed by atoms with Crippen molar-refractivity contribution in [2.45, 2.75) is 25.7 Å². The molecule has 2 heterocycles. The highest BCUT2D eigenvalue weighted by molar-refractivity contribution is 5.74. The molecule has 2 nitrogen and oxygen atoms in total. The number of aromatic nitrogens is 2. The summed E-state index contributed by atoms with van der Waals surface area (Å²) in [6, 6.07) is 23.1. The number of H-pyrrole nitrogens is 1. The molecule has 6 rings (SSSR count). The molecular weight excluding hydrogens is 352 g/mol. The third-order valence-corrected chi connectivity index (χ3v) is 5.27. The molecule has 29 heavy (non-hydrogen) atoms.